The smallest absolute Gasteiger partial charge is 0.402 e. The van der Waals surface area contributed by atoms with E-state index < -0.39 is 36.6 Å². The third-order valence-electron chi connectivity index (χ3n) is 0. The first-order valence-corrected chi connectivity index (χ1v) is 16.3. The van der Waals surface area contributed by atoms with Crippen LogP contribution in [-0.2, 0) is 0 Å². The van der Waals surface area contributed by atoms with Gasteiger partial charge in [0.2, 0.25) is 0 Å². The van der Waals surface area contributed by atoms with Gasteiger partial charge in [0.1, 0.15) is 0 Å². The van der Waals surface area contributed by atoms with Gasteiger partial charge in [0.15, 0.2) is 89.4 Å². The van der Waals surface area contributed by atoms with Crippen LogP contribution in [0.4, 0.5) is 0 Å². The summed E-state index contributed by atoms with van der Waals surface area (Å²) < 4.78 is 0. The Morgan fingerprint density at radius 1 is 0.125 bits per heavy atom. The van der Waals surface area contributed by atoms with Gasteiger partial charge in [0.25, 0.3) is 0 Å². The minimum atomic E-state index is -2.17. The second-order valence-electron chi connectivity index (χ2n) is 8.56. The van der Waals surface area contributed by atoms with Crippen LogP contribution in [0.1, 0.15) is 0 Å². The van der Waals surface area contributed by atoms with Gasteiger partial charge in [-0.1, -0.05) is 0 Å². The largest absolute Gasteiger partial charge is 0.631 e. The van der Waals surface area contributed by atoms with Crippen molar-refractivity contribution in [2.75, 3.05) is 0 Å². The van der Waals surface area contributed by atoms with Crippen molar-refractivity contribution in [2.45, 2.75) is 0 Å². The molecule has 0 fully saturated rings. The van der Waals surface area contributed by atoms with E-state index in [4.69, 9.17) is 156 Å². The maximum absolute atomic E-state index is 7.17. The number of hydrogen-bond donors (Lipinski definition) is 60. The lowest BCUT2D eigenvalue weighted by Gasteiger charge is -1.69. The van der Waals surface area contributed by atoms with Crippen LogP contribution < -0.4 is 172 Å². The molecular weight excluding hydrogens is 1100 g/mol. The number of hydrogen-bond acceptors (Lipinski definition) is 30. The van der Waals surface area contributed by atoms with E-state index in [1.807, 2.05) is 0 Å². The maximum atomic E-state index is 7.17. The highest BCUT2D eigenvalue weighted by atomic mass is 16.5. The molecule has 0 saturated heterocycles. The van der Waals surface area contributed by atoms with Gasteiger partial charge in [-0.25, -0.2) is 0 Å². The monoisotopic (exact) mass is 1200 g/mol. The molecule has 0 saturated carbocycles. The van der Waals surface area contributed by atoms with Crippen LogP contribution in [0.15, 0.2) is 0 Å². The SMILES string of the molecule is N=C(N)N.N=C(N)N.N=C(N)N.N=C(N)N.N=C(N)N.N=C(N)N.N=C(N)N.N=C(N)N.N=C(N)N.N=C(N)N.N=C(N)N.N=C(N)N.N=C(N)N.N=C(N)N.N=C(N)N.OB(O)O.OB(O)O.OB(O)O.OB(O)O.OB(O)O. The Morgan fingerprint density at radius 2 is 0.125 bits per heavy atom. The highest BCUT2D eigenvalue weighted by Gasteiger charge is 1.94. The van der Waals surface area contributed by atoms with Crippen molar-refractivity contribution in [1.82, 2.24) is 0 Å². The normalized spacial score (nSPS) is 6.19. The van der Waals surface area contributed by atoms with Crippen LogP contribution in [0.2, 0.25) is 0 Å². The molecule has 0 aliphatic heterocycles. The summed E-state index contributed by atoms with van der Waals surface area (Å²) in [5, 5.41) is 198. The predicted octanol–water partition coefficient (Wildman–Crippen LogP) is -27.7. The quantitative estimate of drug-likeness (QED) is 0.0608. The van der Waals surface area contributed by atoms with E-state index in [9.17, 15) is 0 Å². The molecule has 65 heteroatoms. The van der Waals surface area contributed by atoms with E-state index in [1.165, 1.54) is 0 Å². The van der Waals surface area contributed by atoms with Gasteiger partial charge >= 0.3 is 36.6 Å². The Labute approximate surface area is 454 Å². The molecule has 0 amide bonds. The third-order valence-corrected chi connectivity index (χ3v) is 0. The Balaban J connectivity index is -0.0000000263. The molecule has 480 valence electrons. The minimum absolute atomic E-state index is 0.333. The molecule has 60 nitrogen and oxygen atoms in total. The molecule has 0 spiro atoms. The average Bonchev–Trinajstić information content (AvgIpc) is 2.99. The first-order valence-electron chi connectivity index (χ1n) is 16.3. The van der Waals surface area contributed by atoms with E-state index in [0.29, 0.717) is 0 Å². The number of nitrogens with two attached hydrogens (primary N) is 30. The van der Waals surface area contributed by atoms with Crippen molar-refractivity contribution in [2.24, 2.45) is 172 Å². The van der Waals surface area contributed by atoms with Crippen LogP contribution in [0, 0.1) is 81.1 Å². The number of nitrogens with one attached hydrogen (secondary N) is 15. The second-order valence-corrected chi connectivity index (χ2v) is 8.56. The molecule has 0 aliphatic carbocycles. The van der Waals surface area contributed by atoms with Crippen LogP contribution in [-0.4, -0.2) is 201 Å². The second kappa shape index (κ2) is 127. The van der Waals surface area contributed by atoms with Crippen LogP contribution in [0.5, 0.6) is 0 Å². The Kier molecular flexibility index (Phi) is 211. The topological polar surface area (TPSA) is 1440 Å². The van der Waals surface area contributed by atoms with Gasteiger partial charge in [0, 0.05) is 0 Å². The van der Waals surface area contributed by atoms with Gasteiger partial charge in [-0.15, -0.1) is 0 Å². The van der Waals surface area contributed by atoms with E-state index in [2.05, 4.69) is 172 Å². The van der Waals surface area contributed by atoms with Crippen LogP contribution >= 0.6 is 0 Å². The van der Waals surface area contributed by atoms with E-state index in [-0.39, 0.29) is 89.4 Å². The summed E-state index contributed by atoms with van der Waals surface area (Å²) >= 11 is 0. The molecule has 0 aromatic carbocycles. The molecule has 90 N–H and O–H groups in total. The lowest BCUT2D eigenvalue weighted by molar-refractivity contribution is 0.276. The first-order chi connectivity index (χ1) is 34.6. The molecule has 0 unspecified atom stereocenters. The molecule has 0 atom stereocenters. The highest BCUT2D eigenvalue weighted by Crippen LogP contribution is 1.42. The zero-order valence-corrected chi connectivity index (χ0v) is 41.9. The summed E-state index contributed by atoms with van der Waals surface area (Å²) in [5.41, 5.74) is 134. The fourth-order valence-electron chi connectivity index (χ4n) is 0. The lowest BCUT2D eigenvalue weighted by atomic mass is 10.3. The van der Waals surface area contributed by atoms with E-state index in [1.54, 1.807) is 0 Å². The molecule has 0 rings (SSSR count). The third kappa shape index (κ3) is 2290. The van der Waals surface area contributed by atoms with Gasteiger partial charge in [0.05, 0.1) is 0 Å². The molecule has 0 bridgehead atoms. The van der Waals surface area contributed by atoms with Crippen molar-refractivity contribution in [1.29, 1.82) is 81.1 Å². The molecule has 0 aromatic rings. The van der Waals surface area contributed by atoms with Crippen molar-refractivity contribution >= 4 is 126 Å². The molecule has 0 aromatic heterocycles. The summed E-state index contributed by atoms with van der Waals surface area (Å²) in [7, 11) is -10.8. The molecular formula is C15H90B5N45O15. The average molecular weight is 1200 g/mol. The van der Waals surface area contributed by atoms with Crippen LogP contribution in [0.3, 0.4) is 0 Å². The standard InChI is InChI=1S/15CH5N3.5BH3O3/c20*2-1(3)4/h15*(H5,2,3,4);5*2-4H. The van der Waals surface area contributed by atoms with Crippen molar-refractivity contribution in [3.8, 4) is 0 Å². The fraction of sp³-hybridized carbons (Fsp3) is 0. The van der Waals surface area contributed by atoms with Crippen molar-refractivity contribution in [3.05, 3.63) is 0 Å². The molecule has 0 radical (unpaired) electrons. The summed E-state index contributed by atoms with van der Waals surface area (Å²) in [5.74, 6) is -5.00. The Morgan fingerprint density at radius 3 is 0.125 bits per heavy atom. The number of guanidine groups is 15. The minimum Gasteiger partial charge on any atom is -0.402 e. The van der Waals surface area contributed by atoms with Gasteiger partial charge < -0.3 is 247 Å². The van der Waals surface area contributed by atoms with Gasteiger partial charge in [-0.3, -0.25) is 81.1 Å². The van der Waals surface area contributed by atoms with Crippen molar-refractivity contribution < 1.29 is 75.4 Å². The summed E-state index contributed by atoms with van der Waals surface area (Å²) in [6, 6.07) is 0. The Hall–Kier alpha value is -11.2. The summed E-state index contributed by atoms with van der Waals surface area (Å²) in [4.78, 5) is 0. The molecule has 80 heavy (non-hydrogen) atoms. The van der Waals surface area contributed by atoms with Crippen molar-refractivity contribution in [3.63, 3.8) is 0 Å². The maximum Gasteiger partial charge on any atom is 0.631 e. The lowest BCUT2D eigenvalue weighted by Crippen LogP contribution is -2.20. The van der Waals surface area contributed by atoms with E-state index in [0.717, 1.165) is 0 Å². The van der Waals surface area contributed by atoms with Crippen LogP contribution in [0.25, 0.3) is 0 Å². The number of rotatable bonds is 0. The Bertz CT molecular complexity index is 1010. The molecule has 0 heterocycles. The first kappa shape index (κ1) is 133. The van der Waals surface area contributed by atoms with E-state index >= 15 is 0 Å². The fourth-order valence-corrected chi connectivity index (χ4v) is 0. The predicted molar refractivity (Wildman–Crippen MR) is 304 cm³/mol. The molecule has 0 aliphatic rings. The zero-order chi connectivity index (χ0) is 71.5. The van der Waals surface area contributed by atoms with Gasteiger partial charge in [-0.2, -0.15) is 0 Å². The zero-order valence-electron chi connectivity index (χ0n) is 41.9. The highest BCUT2D eigenvalue weighted by molar-refractivity contribution is 6.31. The summed E-state index contributed by atoms with van der Waals surface area (Å²) in [6.45, 7) is 0. The summed E-state index contributed by atoms with van der Waals surface area (Å²) in [6.07, 6.45) is 0. The van der Waals surface area contributed by atoms with Gasteiger partial charge in [-0.05, 0) is 0 Å².